The number of rotatable bonds is 4. The predicted molar refractivity (Wildman–Crippen MR) is 62.7 cm³/mol. The molecule has 0 radical (unpaired) electrons. The Hall–Kier alpha value is -1.02. The number of carbonyl (C=O) groups is 1. The van der Waals surface area contributed by atoms with Gasteiger partial charge in [0.25, 0.3) is 0 Å². The molecule has 0 spiro atoms. The van der Waals surface area contributed by atoms with E-state index in [4.69, 9.17) is 0 Å². The maximum absolute atomic E-state index is 11.6. The summed E-state index contributed by atoms with van der Waals surface area (Å²) in [7, 11) is 0. The van der Waals surface area contributed by atoms with Crippen LogP contribution in [0.4, 0.5) is 0 Å². The molecule has 0 aliphatic rings. The topological polar surface area (TPSA) is 17.1 Å². The van der Waals surface area contributed by atoms with Crippen molar-refractivity contribution in [3.05, 3.63) is 46.9 Å². The lowest BCUT2D eigenvalue weighted by Crippen LogP contribution is -1.94. The van der Waals surface area contributed by atoms with Crippen LogP contribution >= 0.6 is 11.8 Å². The molecule has 14 heavy (non-hydrogen) atoms. The number of ketones is 1. The van der Waals surface area contributed by atoms with Crippen LogP contribution in [-0.2, 0) is 0 Å². The molecular formula is C12H14OS. The smallest absolute Gasteiger partial charge is 0.186 e. The zero-order valence-corrected chi connectivity index (χ0v) is 9.30. The molecule has 0 N–H and O–H groups in total. The van der Waals surface area contributed by atoms with Crippen molar-refractivity contribution in [2.75, 3.05) is 5.75 Å². The monoisotopic (exact) mass is 206 g/mol. The summed E-state index contributed by atoms with van der Waals surface area (Å²) in [4.78, 5) is 12.7. The van der Waals surface area contributed by atoms with E-state index in [9.17, 15) is 4.79 Å². The van der Waals surface area contributed by atoms with Gasteiger partial charge in [0.1, 0.15) is 0 Å². The molecule has 0 fully saturated rings. The van der Waals surface area contributed by atoms with Gasteiger partial charge >= 0.3 is 0 Å². The van der Waals surface area contributed by atoms with Crippen molar-refractivity contribution in [3.8, 4) is 0 Å². The Morgan fingerprint density at radius 3 is 2.57 bits per heavy atom. The van der Waals surface area contributed by atoms with E-state index in [1.165, 1.54) is 0 Å². The van der Waals surface area contributed by atoms with Crippen LogP contribution in [-0.4, -0.2) is 11.5 Å². The maximum atomic E-state index is 11.6. The van der Waals surface area contributed by atoms with Crippen LogP contribution in [0, 0.1) is 0 Å². The Kier molecular flexibility index (Phi) is 4.47. The molecule has 0 aliphatic carbocycles. The first-order chi connectivity index (χ1) is 6.74. The second-order valence-corrected chi connectivity index (χ2v) is 4.43. The second-order valence-electron chi connectivity index (χ2n) is 2.92. The predicted octanol–water partition coefficient (Wildman–Crippen LogP) is 3.53. The molecule has 1 aromatic rings. The molecule has 0 saturated heterocycles. The molecule has 0 heterocycles. The van der Waals surface area contributed by atoms with Gasteiger partial charge in [0.2, 0.25) is 0 Å². The molecule has 0 aliphatic heterocycles. The lowest BCUT2D eigenvalue weighted by Gasteiger charge is -1.98. The van der Waals surface area contributed by atoms with E-state index >= 15 is 0 Å². The first kappa shape index (κ1) is 11.1. The van der Waals surface area contributed by atoms with E-state index in [-0.39, 0.29) is 5.78 Å². The summed E-state index contributed by atoms with van der Waals surface area (Å²) < 4.78 is 0. The zero-order chi connectivity index (χ0) is 10.4. The molecular weight excluding hydrogens is 192 g/mol. The van der Waals surface area contributed by atoms with Crippen molar-refractivity contribution in [2.45, 2.75) is 13.8 Å². The van der Waals surface area contributed by atoms with Crippen LogP contribution in [0.1, 0.15) is 24.2 Å². The van der Waals surface area contributed by atoms with Gasteiger partial charge in [0.15, 0.2) is 5.78 Å². The number of benzene rings is 1. The Morgan fingerprint density at radius 2 is 2.00 bits per heavy atom. The van der Waals surface area contributed by atoms with E-state index in [1.807, 2.05) is 37.3 Å². The third kappa shape index (κ3) is 3.38. The van der Waals surface area contributed by atoms with Gasteiger partial charge in [0, 0.05) is 5.56 Å². The molecule has 0 bridgehead atoms. The normalized spacial score (nSPS) is 11.4. The second kappa shape index (κ2) is 5.66. The highest BCUT2D eigenvalue weighted by Gasteiger charge is 2.01. The summed E-state index contributed by atoms with van der Waals surface area (Å²) >= 11 is 1.69. The molecule has 0 saturated carbocycles. The SMILES string of the molecule is CCS/C(C)=C\C(=O)c1ccccc1. The van der Waals surface area contributed by atoms with E-state index < -0.39 is 0 Å². The molecule has 0 aromatic heterocycles. The Bertz CT molecular complexity index is 327. The van der Waals surface area contributed by atoms with Gasteiger partial charge in [-0.05, 0) is 23.7 Å². The molecule has 0 unspecified atom stereocenters. The highest BCUT2D eigenvalue weighted by Crippen LogP contribution is 2.14. The molecule has 0 amide bonds. The van der Waals surface area contributed by atoms with Crippen LogP contribution in [0.15, 0.2) is 41.3 Å². The number of hydrogen-bond acceptors (Lipinski definition) is 2. The van der Waals surface area contributed by atoms with Crippen molar-refractivity contribution in [1.82, 2.24) is 0 Å². The fourth-order valence-corrected chi connectivity index (χ4v) is 1.79. The minimum atomic E-state index is 0.0871. The molecule has 1 nitrogen and oxygen atoms in total. The fourth-order valence-electron chi connectivity index (χ4n) is 1.14. The fraction of sp³-hybridized carbons (Fsp3) is 0.250. The summed E-state index contributed by atoms with van der Waals surface area (Å²) in [6, 6.07) is 9.34. The summed E-state index contributed by atoms with van der Waals surface area (Å²) in [5, 5.41) is 0. The summed E-state index contributed by atoms with van der Waals surface area (Å²) in [5.74, 6) is 1.09. The van der Waals surface area contributed by atoms with Crippen molar-refractivity contribution < 1.29 is 4.79 Å². The minimum absolute atomic E-state index is 0.0871. The van der Waals surface area contributed by atoms with Crippen molar-refractivity contribution in [2.24, 2.45) is 0 Å². The largest absolute Gasteiger partial charge is 0.289 e. The van der Waals surface area contributed by atoms with Gasteiger partial charge in [-0.25, -0.2) is 0 Å². The number of thioether (sulfide) groups is 1. The average molecular weight is 206 g/mol. The Morgan fingerprint density at radius 1 is 1.36 bits per heavy atom. The van der Waals surface area contributed by atoms with Crippen LogP contribution < -0.4 is 0 Å². The van der Waals surface area contributed by atoms with Crippen molar-refractivity contribution in [3.63, 3.8) is 0 Å². The van der Waals surface area contributed by atoms with Crippen LogP contribution in [0.2, 0.25) is 0 Å². The van der Waals surface area contributed by atoms with E-state index in [1.54, 1.807) is 17.8 Å². The average Bonchev–Trinajstić information content (AvgIpc) is 2.19. The quantitative estimate of drug-likeness (QED) is 0.554. The van der Waals surface area contributed by atoms with Gasteiger partial charge in [0.05, 0.1) is 0 Å². The minimum Gasteiger partial charge on any atom is -0.289 e. The lowest BCUT2D eigenvalue weighted by molar-refractivity contribution is 0.104. The Balaban J connectivity index is 2.72. The molecule has 0 atom stereocenters. The highest BCUT2D eigenvalue weighted by atomic mass is 32.2. The Labute approximate surface area is 89.2 Å². The lowest BCUT2D eigenvalue weighted by atomic mass is 10.1. The first-order valence-electron chi connectivity index (χ1n) is 4.64. The molecule has 1 aromatic carbocycles. The highest BCUT2D eigenvalue weighted by molar-refractivity contribution is 8.03. The van der Waals surface area contributed by atoms with Crippen LogP contribution in [0.25, 0.3) is 0 Å². The summed E-state index contributed by atoms with van der Waals surface area (Å²) in [6.45, 7) is 4.05. The summed E-state index contributed by atoms with van der Waals surface area (Å²) in [6.07, 6.45) is 1.70. The molecule has 1 rings (SSSR count). The third-order valence-electron chi connectivity index (χ3n) is 1.76. The number of carbonyl (C=O) groups excluding carboxylic acids is 1. The number of hydrogen-bond donors (Lipinski definition) is 0. The van der Waals surface area contributed by atoms with Crippen LogP contribution in [0.5, 0.6) is 0 Å². The molecule has 74 valence electrons. The van der Waals surface area contributed by atoms with E-state index in [2.05, 4.69) is 6.92 Å². The van der Waals surface area contributed by atoms with Crippen molar-refractivity contribution in [1.29, 1.82) is 0 Å². The van der Waals surface area contributed by atoms with Gasteiger partial charge < -0.3 is 0 Å². The molecule has 2 heteroatoms. The summed E-state index contributed by atoms with van der Waals surface area (Å²) in [5.41, 5.74) is 0.753. The first-order valence-corrected chi connectivity index (χ1v) is 5.63. The maximum Gasteiger partial charge on any atom is 0.186 e. The van der Waals surface area contributed by atoms with Crippen LogP contribution in [0.3, 0.4) is 0 Å². The third-order valence-corrected chi connectivity index (χ3v) is 2.63. The standard InChI is InChI=1S/C12H14OS/c1-3-14-10(2)9-12(13)11-7-5-4-6-8-11/h4-9H,3H2,1-2H3/b10-9-. The van der Waals surface area contributed by atoms with Gasteiger partial charge in [-0.15, -0.1) is 11.8 Å². The zero-order valence-electron chi connectivity index (χ0n) is 8.49. The van der Waals surface area contributed by atoms with Crippen molar-refractivity contribution >= 4 is 17.5 Å². The van der Waals surface area contributed by atoms with Gasteiger partial charge in [-0.3, -0.25) is 4.79 Å². The number of allylic oxidation sites excluding steroid dienone is 2. The van der Waals surface area contributed by atoms with E-state index in [0.29, 0.717) is 0 Å². The van der Waals surface area contributed by atoms with Gasteiger partial charge in [-0.1, -0.05) is 37.3 Å². The van der Waals surface area contributed by atoms with Gasteiger partial charge in [-0.2, -0.15) is 0 Å². The van der Waals surface area contributed by atoms with E-state index in [0.717, 1.165) is 16.2 Å².